The van der Waals surface area contributed by atoms with Gasteiger partial charge in [-0.15, -0.1) is 13.2 Å². The van der Waals surface area contributed by atoms with Gasteiger partial charge in [0.2, 0.25) is 0 Å². The molecule has 3 aromatic carbocycles. The zero-order valence-corrected chi connectivity index (χ0v) is 23.7. The van der Waals surface area contributed by atoms with E-state index in [1.165, 1.54) is 19.2 Å². The SMILES string of the molecule is COc1ccc2c(-c3c(C)n(Cc4cc(OC(C(=O)O)C(C)C)ccc4Cl)c4cc(OC(F)(F)F)ccc34)noc2c1. The van der Waals surface area contributed by atoms with E-state index in [0.717, 1.165) is 0 Å². The van der Waals surface area contributed by atoms with Crippen molar-refractivity contribution in [2.24, 2.45) is 5.92 Å². The van der Waals surface area contributed by atoms with E-state index >= 15 is 0 Å². The first kappa shape index (κ1) is 29.1. The highest BCUT2D eigenvalue weighted by Gasteiger charge is 2.32. The Morgan fingerprint density at radius 2 is 1.74 bits per heavy atom. The highest BCUT2D eigenvalue weighted by atomic mass is 35.5. The van der Waals surface area contributed by atoms with Gasteiger partial charge in [0.1, 0.15) is 22.9 Å². The van der Waals surface area contributed by atoms with Crippen LogP contribution in [0.2, 0.25) is 5.02 Å². The highest BCUT2D eigenvalue weighted by molar-refractivity contribution is 6.31. The third kappa shape index (κ3) is 5.69. The number of carboxylic acid groups (broad SMARTS) is 1. The van der Waals surface area contributed by atoms with Crippen molar-refractivity contribution in [3.8, 4) is 28.5 Å². The van der Waals surface area contributed by atoms with Crippen LogP contribution < -0.4 is 14.2 Å². The van der Waals surface area contributed by atoms with Crippen molar-refractivity contribution in [1.82, 2.24) is 9.72 Å². The third-order valence-corrected chi connectivity index (χ3v) is 7.27. The molecule has 1 atom stereocenters. The molecule has 5 aromatic rings. The van der Waals surface area contributed by atoms with Gasteiger partial charge in [-0.05, 0) is 55.0 Å². The number of rotatable bonds is 9. The summed E-state index contributed by atoms with van der Waals surface area (Å²) in [6.07, 6.45) is -5.96. The summed E-state index contributed by atoms with van der Waals surface area (Å²) in [5.74, 6) is -0.920. The number of benzene rings is 3. The van der Waals surface area contributed by atoms with Crippen LogP contribution >= 0.6 is 11.6 Å². The maximum Gasteiger partial charge on any atom is 0.573 e. The minimum absolute atomic E-state index is 0.122. The van der Waals surface area contributed by atoms with Crippen LogP contribution in [0.4, 0.5) is 13.2 Å². The van der Waals surface area contributed by atoms with Gasteiger partial charge in [0.15, 0.2) is 11.7 Å². The van der Waals surface area contributed by atoms with Gasteiger partial charge in [-0.2, -0.15) is 0 Å². The second-order valence-corrected chi connectivity index (χ2v) is 10.4. The molecule has 0 radical (unpaired) electrons. The van der Waals surface area contributed by atoms with Gasteiger partial charge in [-0.1, -0.05) is 30.6 Å². The molecule has 220 valence electrons. The second kappa shape index (κ2) is 11.1. The number of aliphatic carboxylic acids is 1. The number of carbonyl (C=O) groups is 1. The second-order valence-electron chi connectivity index (χ2n) is 10.0. The van der Waals surface area contributed by atoms with Crippen LogP contribution in [0, 0.1) is 12.8 Å². The Bertz CT molecular complexity index is 1790. The normalized spacial score (nSPS) is 12.7. The van der Waals surface area contributed by atoms with E-state index in [4.69, 9.17) is 25.6 Å². The zero-order valence-electron chi connectivity index (χ0n) is 23.0. The molecular formula is C30H26ClF3N2O6. The number of hydrogen-bond acceptors (Lipinski definition) is 6. The number of hydrogen-bond donors (Lipinski definition) is 1. The number of halogens is 4. The van der Waals surface area contributed by atoms with Crippen molar-refractivity contribution in [3.05, 3.63) is 70.9 Å². The van der Waals surface area contributed by atoms with E-state index in [-0.39, 0.29) is 18.2 Å². The monoisotopic (exact) mass is 602 g/mol. The molecular weight excluding hydrogens is 577 g/mol. The molecule has 0 fully saturated rings. The molecule has 42 heavy (non-hydrogen) atoms. The summed E-state index contributed by atoms with van der Waals surface area (Å²) >= 11 is 6.54. The largest absolute Gasteiger partial charge is 0.573 e. The molecule has 2 heterocycles. The van der Waals surface area contributed by atoms with Crippen molar-refractivity contribution >= 4 is 39.4 Å². The Labute approximate surface area is 243 Å². The van der Waals surface area contributed by atoms with Crippen molar-refractivity contribution in [2.45, 2.75) is 39.8 Å². The van der Waals surface area contributed by atoms with E-state index in [1.54, 1.807) is 60.9 Å². The van der Waals surface area contributed by atoms with Crippen LogP contribution in [0.1, 0.15) is 25.1 Å². The fourth-order valence-corrected chi connectivity index (χ4v) is 5.09. The Morgan fingerprint density at radius 1 is 1.05 bits per heavy atom. The lowest BCUT2D eigenvalue weighted by molar-refractivity contribution is -0.274. The van der Waals surface area contributed by atoms with Crippen molar-refractivity contribution in [3.63, 3.8) is 0 Å². The van der Waals surface area contributed by atoms with Gasteiger partial charge in [-0.25, -0.2) is 4.79 Å². The number of carboxylic acids is 1. The molecule has 1 unspecified atom stereocenters. The van der Waals surface area contributed by atoms with Crippen molar-refractivity contribution < 1.29 is 41.8 Å². The van der Waals surface area contributed by atoms with E-state index in [9.17, 15) is 23.1 Å². The zero-order chi connectivity index (χ0) is 30.3. The summed E-state index contributed by atoms with van der Waals surface area (Å²) in [5, 5.41) is 15.5. The number of nitrogens with zero attached hydrogens (tertiary/aromatic N) is 2. The molecule has 12 heteroatoms. The molecule has 2 aromatic heterocycles. The summed E-state index contributed by atoms with van der Waals surface area (Å²) in [6.45, 7) is 5.40. The molecule has 0 aliphatic carbocycles. The van der Waals surface area contributed by atoms with Gasteiger partial charge in [0.05, 0.1) is 18.0 Å². The number of alkyl halides is 3. The first-order valence-corrected chi connectivity index (χ1v) is 13.2. The molecule has 0 saturated carbocycles. The summed E-state index contributed by atoms with van der Waals surface area (Å²) < 4.78 is 62.0. The molecule has 1 N–H and O–H groups in total. The van der Waals surface area contributed by atoms with Crippen LogP contribution in [0.3, 0.4) is 0 Å². The lowest BCUT2D eigenvalue weighted by Gasteiger charge is -2.19. The molecule has 0 aliphatic heterocycles. The molecule has 5 rings (SSSR count). The summed E-state index contributed by atoms with van der Waals surface area (Å²) in [5.41, 5.74) is 3.30. The smallest absolute Gasteiger partial charge is 0.497 e. The van der Waals surface area contributed by atoms with Crippen molar-refractivity contribution in [2.75, 3.05) is 7.11 Å². The predicted molar refractivity (Wildman–Crippen MR) is 150 cm³/mol. The molecule has 0 aliphatic rings. The van der Waals surface area contributed by atoms with Crippen LogP contribution in [-0.2, 0) is 11.3 Å². The summed E-state index contributed by atoms with van der Waals surface area (Å²) in [4.78, 5) is 11.7. The maximum atomic E-state index is 13.1. The quantitative estimate of drug-likeness (QED) is 0.183. The fourth-order valence-electron chi connectivity index (χ4n) is 4.92. The lowest BCUT2D eigenvalue weighted by Crippen LogP contribution is -2.32. The summed E-state index contributed by atoms with van der Waals surface area (Å²) in [6, 6.07) is 14.1. The van der Waals surface area contributed by atoms with Gasteiger partial charge in [0.25, 0.3) is 0 Å². The van der Waals surface area contributed by atoms with Crippen molar-refractivity contribution in [1.29, 1.82) is 0 Å². The van der Waals surface area contributed by atoms with Gasteiger partial charge < -0.3 is 28.4 Å². The van der Waals surface area contributed by atoms with E-state index < -0.39 is 18.4 Å². The van der Waals surface area contributed by atoms with Gasteiger partial charge in [0, 0.05) is 46.3 Å². The van der Waals surface area contributed by atoms with Crippen LogP contribution in [-0.4, -0.2) is 40.4 Å². The molecule has 0 spiro atoms. The number of aromatic nitrogens is 2. The average molecular weight is 603 g/mol. The van der Waals surface area contributed by atoms with Crippen LogP contribution in [0.15, 0.2) is 59.1 Å². The minimum atomic E-state index is -4.88. The Morgan fingerprint density at radius 3 is 2.40 bits per heavy atom. The molecule has 8 nitrogen and oxygen atoms in total. The standard InChI is InChI=1S/C30H26ClF3N2O6/c1-15(2)28(29(37)38)40-19-7-10-23(31)17(11-19)14-36-16(3)26(21-8-6-20(12-24(21)36)41-30(32,33)34)27-22-9-5-18(39-4)13-25(22)42-35-27/h5-13,15,28H,14H2,1-4H3,(H,37,38). The van der Waals surface area contributed by atoms with E-state index in [2.05, 4.69) is 9.89 Å². The molecule has 0 saturated heterocycles. The van der Waals surface area contributed by atoms with Crippen LogP contribution in [0.5, 0.6) is 17.2 Å². The maximum absolute atomic E-state index is 13.1. The summed E-state index contributed by atoms with van der Waals surface area (Å²) in [7, 11) is 1.53. The van der Waals surface area contributed by atoms with E-state index in [1.807, 2.05) is 6.92 Å². The third-order valence-electron chi connectivity index (χ3n) is 6.90. The highest BCUT2D eigenvalue weighted by Crippen LogP contribution is 2.41. The number of ether oxygens (including phenoxy) is 3. The fraction of sp³-hybridized carbons (Fsp3) is 0.267. The first-order chi connectivity index (χ1) is 19.9. The minimum Gasteiger partial charge on any atom is -0.497 e. The number of fused-ring (bicyclic) bond motifs is 2. The Kier molecular flexibility index (Phi) is 7.72. The predicted octanol–water partition coefficient (Wildman–Crippen LogP) is 7.85. The Balaban J connectivity index is 1.66. The molecule has 0 amide bonds. The molecule has 0 bridgehead atoms. The van der Waals surface area contributed by atoms with Gasteiger partial charge in [-0.3, -0.25) is 0 Å². The number of methoxy groups -OCH3 is 1. The average Bonchev–Trinajstić information content (AvgIpc) is 3.44. The lowest BCUT2D eigenvalue weighted by atomic mass is 10.0. The van der Waals surface area contributed by atoms with Crippen LogP contribution in [0.25, 0.3) is 33.1 Å². The topological polar surface area (TPSA) is 96.0 Å². The van der Waals surface area contributed by atoms with E-state index in [0.29, 0.717) is 60.9 Å². The Hall–Kier alpha value is -4.38. The first-order valence-electron chi connectivity index (χ1n) is 12.9. The van der Waals surface area contributed by atoms with Gasteiger partial charge >= 0.3 is 12.3 Å².